The molecule has 0 radical (unpaired) electrons. The average molecular weight is 370 g/mol. The molecule has 0 heterocycles. The molecule has 2 rings (SSSR count). The zero-order valence-electron chi connectivity index (χ0n) is 16.3. The van der Waals surface area contributed by atoms with E-state index in [1.807, 2.05) is 57.2 Å². The van der Waals surface area contributed by atoms with Crippen molar-refractivity contribution in [3.8, 4) is 0 Å². The van der Waals surface area contributed by atoms with Crippen molar-refractivity contribution in [3.63, 3.8) is 0 Å². The molecule has 0 aliphatic heterocycles. The van der Waals surface area contributed by atoms with Crippen LogP contribution in [0.25, 0.3) is 0 Å². The van der Waals surface area contributed by atoms with Crippen molar-refractivity contribution in [2.75, 3.05) is 0 Å². The first-order valence-electron chi connectivity index (χ1n) is 9.03. The van der Waals surface area contributed by atoms with Crippen molar-refractivity contribution in [2.24, 2.45) is 5.41 Å². The second-order valence-corrected chi connectivity index (χ2v) is 7.79. The molecule has 144 valence electrons. The summed E-state index contributed by atoms with van der Waals surface area (Å²) in [4.78, 5) is 24.3. The number of carbonyl (C=O) groups is 2. The Kier molecular flexibility index (Phi) is 6.72. The van der Waals surface area contributed by atoms with Crippen LogP contribution in [0.5, 0.6) is 0 Å². The number of halogens is 1. The van der Waals surface area contributed by atoms with Crippen molar-refractivity contribution < 1.29 is 14.0 Å². The van der Waals surface area contributed by atoms with Gasteiger partial charge in [-0.1, -0.05) is 63.2 Å². The molecule has 0 saturated heterocycles. The maximum atomic E-state index is 13.7. The van der Waals surface area contributed by atoms with Crippen LogP contribution in [0.15, 0.2) is 54.6 Å². The second-order valence-electron chi connectivity index (χ2n) is 7.79. The highest BCUT2D eigenvalue weighted by Gasteiger charge is 2.29. The van der Waals surface area contributed by atoms with E-state index in [-0.39, 0.29) is 35.5 Å². The molecular weight excluding hydrogens is 343 g/mol. The largest absolute Gasteiger partial charge is 0.349 e. The first-order chi connectivity index (χ1) is 12.7. The van der Waals surface area contributed by atoms with Crippen LogP contribution in [-0.2, 0) is 9.59 Å². The zero-order chi connectivity index (χ0) is 20.0. The van der Waals surface area contributed by atoms with Gasteiger partial charge in [-0.25, -0.2) is 4.39 Å². The van der Waals surface area contributed by atoms with Gasteiger partial charge in [0.25, 0.3) is 0 Å². The summed E-state index contributed by atoms with van der Waals surface area (Å²) in [6.45, 7) is 7.40. The van der Waals surface area contributed by atoms with Crippen LogP contribution >= 0.6 is 0 Å². The molecule has 0 bridgehead atoms. The molecule has 2 N–H and O–H groups in total. The Labute approximate surface area is 160 Å². The number of hydrogen-bond donors (Lipinski definition) is 2. The van der Waals surface area contributed by atoms with Gasteiger partial charge in [-0.2, -0.15) is 0 Å². The third-order valence-corrected chi connectivity index (χ3v) is 4.32. The maximum Gasteiger partial charge on any atom is 0.222 e. The summed E-state index contributed by atoms with van der Waals surface area (Å²) in [5, 5.41) is 5.85. The average Bonchev–Trinajstić information content (AvgIpc) is 2.58. The van der Waals surface area contributed by atoms with Gasteiger partial charge in [0.1, 0.15) is 5.82 Å². The van der Waals surface area contributed by atoms with Gasteiger partial charge in [-0.15, -0.1) is 0 Å². The van der Waals surface area contributed by atoms with Gasteiger partial charge >= 0.3 is 0 Å². The smallest absolute Gasteiger partial charge is 0.222 e. The van der Waals surface area contributed by atoms with Crippen LogP contribution < -0.4 is 10.6 Å². The van der Waals surface area contributed by atoms with Crippen molar-refractivity contribution in [2.45, 2.75) is 46.2 Å². The Bertz CT molecular complexity index is 784. The first-order valence-corrected chi connectivity index (χ1v) is 9.03. The molecule has 4 nitrogen and oxygen atoms in total. The fourth-order valence-corrected chi connectivity index (χ4v) is 3.07. The van der Waals surface area contributed by atoms with Gasteiger partial charge in [-0.05, 0) is 28.7 Å². The Balaban J connectivity index is 2.19. The standard InChI is InChI=1S/C22H27FN2O2/c1-15(26)24-19(16-9-6-5-7-10-16)14-20(27)25-21(22(2,3)4)17-11-8-12-18(23)13-17/h5-13,19,21H,14H2,1-4H3,(H,24,26)(H,25,27)/t19-,21-/m1/s1. The summed E-state index contributed by atoms with van der Waals surface area (Å²) < 4.78 is 13.7. The molecule has 27 heavy (non-hydrogen) atoms. The van der Waals surface area contributed by atoms with Gasteiger partial charge in [0.2, 0.25) is 11.8 Å². The molecule has 2 aromatic carbocycles. The summed E-state index contributed by atoms with van der Waals surface area (Å²) in [5.74, 6) is -0.743. The minimum atomic E-state index is -0.420. The maximum absolute atomic E-state index is 13.7. The van der Waals surface area contributed by atoms with E-state index in [4.69, 9.17) is 0 Å². The highest BCUT2D eigenvalue weighted by atomic mass is 19.1. The van der Waals surface area contributed by atoms with E-state index in [0.717, 1.165) is 5.56 Å². The van der Waals surface area contributed by atoms with Gasteiger partial charge in [0.05, 0.1) is 18.5 Å². The van der Waals surface area contributed by atoms with Crippen molar-refractivity contribution in [3.05, 3.63) is 71.5 Å². The number of hydrogen-bond acceptors (Lipinski definition) is 2. The number of amides is 2. The molecule has 0 aromatic heterocycles. The topological polar surface area (TPSA) is 58.2 Å². The highest BCUT2D eigenvalue weighted by Crippen LogP contribution is 2.33. The van der Waals surface area contributed by atoms with Crippen LogP contribution in [0.1, 0.15) is 57.3 Å². The summed E-state index contributed by atoms with van der Waals surface area (Å²) >= 11 is 0. The van der Waals surface area contributed by atoms with Crippen LogP contribution in [0.4, 0.5) is 4.39 Å². The number of carbonyl (C=O) groups excluding carboxylic acids is 2. The lowest BCUT2D eigenvalue weighted by molar-refractivity contribution is -0.124. The lowest BCUT2D eigenvalue weighted by atomic mass is 9.82. The van der Waals surface area contributed by atoms with Crippen molar-refractivity contribution in [1.82, 2.24) is 10.6 Å². The fraction of sp³-hybridized carbons (Fsp3) is 0.364. The number of benzene rings is 2. The van der Waals surface area contributed by atoms with Gasteiger partial charge in [0.15, 0.2) is 0 Å². The van der Waals surface area contributed by atoms with Gasteiger partial charge < -0.3 is 10.6 Å². The van der Waals surface area contributed by atoms with E-state index in [1.165, 1.54) is 19.1 Å². The minimum absolute atomic E-state index is 0.103. The van der Waals surface area contributed by atoms with Crippen LogP contribution in [0.2, 0.25) is 0 Å². The van der Waals surface area contributed by atoms with Crippen molar-refractivity contribution >= 4 is 11.8 Å². The molecule has 0 saturated carbocycles. The minimum Gasteiger partial charge on any atom is -0.349 e. The molecule has 2 amide bonds. The van der Waals surface area contributed by atoms with Gasteiger partial charge in [0, 0.05) is 6.92 Å². The number of nitrogens with one attached hydrogen (secondary N) is 2. The van der Waals surface area contributed by atoms with E-state index in [2.05, 4.69) is 10.6 Å². The zero-order valence-corrected chi connectivity index (χ0v) is 16.3. The quantitative estimate of drug-likeness (QED) is 0.797. The Hall–Kier alpha value is -2.69. The van der Waals surface area contributed by atoms with Crippen LogP contribution in [0, 0.1) is 11.2 Å². The predicted octanol–water partition coefficient (Wildman–Crippen LogP) is 4.30. The molecule has 2 aromatic rings. The van der Waals surface area contributed by atoms with E-state index in [0.29, 0.717) is 5.56 Å². The normalized spacial score (nSPS) is 13.5. The highest BCUT2D eigenvalue weighted by molar-refractivity contribution is 5.79. The Morgan fingerprint density at radius 1 is 0.963 bits per heavy atom. The fourth-order valence-electron chi connectivity index (χ4n) is 3.07. The predicted molar refractivity (Wildman–Crippen MR) is 104 cm³/mol. The van der Waals surface area contributed by atoms with E-state index < -0.39 is 6.04 Å². The summed E-state index contributed by atoms with van der Waals surface area (Å²) in [6, 6.07) is 14.9. The second kappa shape index (κ2) is 8.80. The van der Waals surface area contributed by atoms with Crippen LogP contribution in [0.3, 0.4) is 0 Å². The summed E-state index contributed by atoms with van der Waals surface area (Å²) in [7, 11) is 0. The number of rotatable bonds is 6. The molecule has 5 heteroatoms. The van der Waals surface area contributed by atoms with E-state index >= 15 is 0 Å². The molecule has 0 spiro atoms. The lowest BCUT2D eigenvalue weighted by Gasteiger charge is -2.32. The summed E-state index contributed by atoms with van der Waals surface area (Å²) in [5.41, 5.74) is 1.27. The molecule has 0 fully saturated rings. The molecule has 0 aliphatic carbocycles. The first kappa shape index (κ1) is 20.6. The Morgan fingerprint density at radius 2 is 1.59 bits per heavy atom. The molecule has 0 unspecified atom stereocenters. The SMILES string of the molecule is CC(=O)N[C@H](CC(=O)N[C@H](c1cccc(F)c1)C(C)(C)C)c1ccccc1. The van der Waals surface area contributed by atoms with Crippen LogP contribution in [-0.4, -0.2) is 11.8 Å². The Morgan fingerprint density at radius 3 is 2.15 bits per heavy atom. The van der Waals surface area contributed by atoms with Gasteiger partial charge in [-0.3, -0.25) is 9.59 Å². The molecule has 2 atom stereocenters. The molecular formula is C22H27FN2O2. The molecule has 0 aliphatic rings. The van der Waals surface area contributed by atoms with E-state index in [1.54, 1.807) is 6.07 Å². The summed E-state index contributed by atoms with van der Waals surface area (Å²) in [6.07, 6.45) is 0.103. The monoisotopic (exact) mass is 370 g/mol. The third-order valence-electron chi connectivity index (χ3n) is 4.32. The van der Waals surface area contributed by atoms with E-state index in [9.17, 15) is 14.0 Å². The lowest BCUT2D eigenvalue weighted by Crippen LogP contribution is -2.39. The third kappa shape index (κ3) is 6.20. The van der Waals surface area contributed by atoms with Crippen molar-refractivity contribution in [1.29, 1.82) is 0 Å².